The fraction of sp³-hybridized carbons (Fsp3) is 0.611. The SMILES string of the molecule is CC(C)C(NC(=O)c1cc(S(=O)(=O)N2CCOCC2)ccc1Cl)C(C)C. The molecule has 0 radical (unpaired) electrons. The molecular weight excluding hydrogens is 376 g/mol. The van der Waals surface area contributed by atoms with E-state index in [1.165, 1.54) is 22.5 Å². The van der Waals surface area contributed by atoms with Gasteiger partial charge in [-0.1, -0.05) is 39.3 Å². The van der Waals surface area contributed by atoms with Crippen LogP contribution in [0.25, 0.3) is 0 Å². The number of nitrogens with one attached hydrogen (secondary N) is 1. The number of rotatable bonds is 6. The lowest BCUT2D eigenvalue weighted by atomic mass is 9.93. The van der Waals surface area contributed by atoms with Gasteiger partial charge >= 0.3 is 0 Å². The summed E-state index contributed by atoms with van der Waals surface area (Å²) in [6.07, 6.45) is 0. The Labute approximate surface area is 160 Å². The lowest BCUT2D eigenvalue weighted by Crippen LogP contribution is -2.42. The largest absolute Gasteiger partial charge is 0.379 e. The van der Waals surface area contributed by atoms with Gasteiger partial charge in [0.1, 0.15) is 0 Å². The van der Waals surface area contributed by atoms with Crippen LogP contribution in [-0.4, -0.2) is 51.0 Å². The van der Waals surface area contributed by atoms with Gasteiger partial charge < -0.3 is 10.1 Å². The zero-order valence-electron chi connectivity index (χ0n) is 15.7. The van der Waals surface area contributed by atoms with E-state index in [1.54, 1.807) is 0 Å². The fourth-order valence-corrected chi connectivity index (χ4v) is 4.75. The van der Waals surface area contributed by atoms with Crippen LogP contribution in [0.2, 0.25) is 5.02 Å². The average Bonchev–Trinajstić information content (AvgIpc) is 2.59. The molecule has 26 heavy (non-hydrogen) atoms. The van der Waals surface area contributed by atoms with E-state index in [0.29, 0.717) is 26.3 Å². The third-order valence-corrected chi connectivity index (χ3v) is 6.75. The second-order valence-corrected chi connectivity index (χ2v) is 9.49. The summed E-state index contributed by atoms with van der Waals surface area (Å²) in [6.45, 7) is 9.47. The van der Waals surface area contributed by atoms with Crippen LogP contribution < -0.4 is 5.32 Å². The number of morpholine rings is 1. The van der Waals surface area contributed by atoms with Crippen LogP contribution in [0.1, 0.15) is 38.1 Å². The number of hydrogen-bond donors (Lipinski definition) is 1. The van der Waals surface area contributed by atoms with Crippen molar-refractivity contribution in [2.24, 2.45) is 11.8 Å². The van der Waals surface area contributed by atoms with E-state index in [2.05, 4.69) is 5.32 Å². The van der Waals surface area contributed by atoms with Crippen molar-refractivity contribution in [3.63, 3.8) is 0 Å². The maximum absolute atomic E-state index is 12.8. The molecule has 1 fully saturated rings. The standard InChI is InChI=1S/C18H27ClN2O4S/c1-12(2)17(13(3)4)20-18(22)15-11-14(5-6-16(15)19)26(23,24)21-7-9-25-10-8-21/h5-6,11-13,17H,7-10H2,1-4H3,(H,20,22). The smallest absolute Gasteiger partial charge is 0.253 e. The highest BCUT2D eigenvalue weighted by Gasteiger charge is 2.28. The Kier molecular flexibility index (Phi) is 7.07. The molecule has 0 saturated carbocycles. The Hall–Kier alpha value is -1.15. The Morgan fingerprint density at radius 3 is 2.27 bits per heavy atom. The van der Waals surface area contributed by atoms with Gasteiger partial charge in [0, 0.05) is 19.1 Å². The maximum atomic E-state index is 12.8. The summed E-state index contributed by atoms with van der Waals surface area (Å²) in [5.74, 6) is 0.136. The Morgan fingerprint density at radius 2 is 1.73 bits per heavy atom. The van der Waals surface area contributed by atoms with E-state index in [-0.39, 0.29) is 39.3 Å². The van der Waals surface area contributed by atoms with E-state index in [0.717, 1.165) is 0 Å². The topological polar surface area (TPSA) is 75.7 Å². The third-order valence-electron chi connectivity index (χ3n) is 4.52. The molecule has 146 valence electrons. The molecule has 1 aromatic carbocycles. The maximum Gasteiger partial charge on any atom is 0.253 e. The molecule has 1 aliphatic rings. The monoisotopic (exact) mass is 402 g/mol. The van der Waals surface area contributed by atoms with Crippen LogP contribution in [0.15, 0.2) is 23.1 Å². The molecule has 0 bridgehead atoms. The average molecular weight is 403 g/mol. The van der Waals surface area contributed by atoms with E-state index >= 15 is 0 Å². The van der Waals surface area contributed by atoms with E-state index in [9.17, 15) is 13.2 Å². The predicted octanol–water partition coefficient (Wildman–Crippen LogP) is 2.77. The van der Waals surface area contributed by atoms with E-state index in [1.807, 2.05) is 27.7 Å². The number of ether oxygens (including phenoxy) is 1. The molecule has 1 heterocycles. The Morgan fingerprint density at radius 1 is 1.15 bits per heavy atom. The van der Waals surface area contributed by atoms with Gasteiger partial charge in [-0.05, 0) is 30.0 Å². The summed E-state index contributed by atoms with van der Waals surface area (Å²) in [7, 11) is -3.68. The molecule has 0 atom stereocenters. The highest BCUT2D eigenvalue weighted by Crippen LogP contribution is 2.24. The van der Waals surface area contributed by atoms with Crippen molar-refractivity contribution in [1.29, 1.82) is 0 Å². The number of halogens is 1. The molecule has 0 spiro atoms. The summed E-state index contributed by atoms with van der Waals surface area (Å²) in [5.41, 5.74) is 0.173. The van der Waals surface area contributed by atoms with Crippen molar-refractivity contribution >= 4 is 27.5 Å². The summed E-state index contributed by atoms with van der Waals surface area (Å²) >= 11 is 6.18. The lowest BCUT2D eigenvalue weighted by Gasteiger charge is -2.27. The molecule has 0 unspecified atom stereocenters. The van der Waals surface area contributed by atoms with Crippen LogP contribution in [0.5, 0.6) is 0 Å². The highest BCUT2D eigenvalue weighted by atomic mass is 35.5. The van der Waals surface area contributed by atoms with E-state index in [4.69, 9.17) is 16.3 Å². The van der Waals surface area contributed by atoms with Gasteiger partial charge in [-0.25, -0.2) is 8.42 Å². The number of benzene rings is 1. The minimum Gasteiger partial charge on any atom is -0.379 e. The number of sulfonamides is 1. The molecule has 1 saturated heterocycles. The molecular formula is C18H27ClN2O4S. The summed E-state index contributed by atoms with van der Waals surface area (Å²) in [5, 5.41) is 3.21. The van der Waals surface area contributed by atoms with Gasteiger partial charge in [0.25, 0.3) is 5.91 Å². The van der Waals surface area contributed by atoms with Gasteiger partial charge in [-0.15, -0.1) is 0 Å². The molecule has 8 heteroatoms. The van der Waals surface area contributed by atoms with Crippen molar-refractivity contribution in [2.45, 2.75) is 38.6 Å². The van der Waals surface area contributed by atoms with Crippen molar-refractivity contribution < 1.29 is 17.9 Å². The van der Waals surface area contributed by atoms with Crippen LogP contribution in [0.4, 0.5) is 0 Å². The molecule has 1 N–H and O–H groups in total. The summed E-state index contributed by atoms with van der Waals surface area (Å²) < 4.78 is 32.2. The molecule has 2 rings (SSSR count). The van der Waals surface area contributed by atoms with Crippen LogP contribution in [0.3, 0.4) is 0 Å². The van der Waals surface area contributed by atoms with Crippen molar-refractivity contribution in [3.8, 4) is 0 Å². The summed E-state index contributed by atoms with van der Waals surface area (Å²) in [4.78, 5) is 12.8. The van der Waals surface area contributed by atoms with Crippen molar-refractivity contribution in [2.75, 3.05) is 26.3 Å². The zero-order chi connectivity index (χ0) is 19.5. The Bertz CT molecular complexity index is 736. The molecule has 1 aliphatic heterocycles. The van der Waals surface area contributed by atoms with Gasteiger partial charge in [0.15, 0.2) is 0 Å². The number of carbonyl (C=O) groups excluding carboxylic acids is 1. The minimum absolute atomic E-state index is 0.0296. The van der Waals surface area contributed by atoms with Crippen molar-refractivity contribution in [3.05, 3.63) is 28.8 Å². The fourth-order valence-electron chi connectivity index (χ4n) is 3.11. The van der Waals surface area contributed by atoms with Crippen LogP contribution >= 0.6 is 11.6 Å². The second-order valence-electron chi connectivity index (χ2n) is 7.15. The van der Waals surface area contributed by atoms with Gasteiger partial charge in [-0.3, -0.25) is 4.79 Å². The zero-order valence-corrected chi connectivity index (χ0v) is 17.2. The Balaban J connectivity index is 2.30. The number of hydrogen-bond acceptors (Lipinski definition) is 4. The first-order valence-electron chi connectivity index (χ1n) is 8.83. The highest BCUT2D eigenvalue weighted by molar-refractivity contribution is 7.89. The van der Waals surface area contributed by atoms with Gasteiger partial charge in [-0.2, -0.15) is 4.31 Å². The molecule has 1 amide bonds. The second kappa shape index (κ2) is 8.69. The van der Waals surface area contributed by atoms with Crippen molar-refractivity contribution in [1.82, 2.24) is 9.62 Å². The molecule has 6 nitrogen and oxygen atoms in total. The normalized spacial score (nSPS) is 16.5. The summed E-state index contributed by atoms with van der Waals surface area (Å²) in [6, 6.07) is 4.23. The molecule has 1 aromatic rings. The lowest BCUT2D eigenvalue weighted by molar-refractivity contribution is 0.0730. The third kappa shape index (κ3) is 4.76. The first-order chi connectivity index (χ1) is 12.1. The van der Waals surface area contributed by atoms with Crippen LogP contribution in [-0.2, 0) is 14.8 Å². The first-order valence-corrected chi connectivity index (χ1v) is 10.6. The van der Waals surface area contributed by atoms with E-state index < -0.39 is 10.0 Å². The molecule has 0 aliphatic carbocycles. The number of carbonyl (C=O) groups is 1. The van der Waals surface area contributed by atoms with Crippen LogP contribution in [0, 0.1) is 11.8 Å². The first kappa shape index (κ1) is 21.2. The van der Waals surface area contributed by atoms with Gasteiger partial charge in [0.05, 0.1) is 28.7 Å². The minimum atomic E-state index is -3.68. The molecule has 0 aromatic heterocycles. The van der Waals surface area contributed by atoms with Gasteiger partial charge in [0.2, 0.25) is 10.0 Å². The number of amides is 1. The predicted molar refractivity (Wildman–Crippen MR) is 102 cm³/mol. The number of nitrogens with zero attached hydrogens (tertiary/aromatic N) is 1. The quantitative estimate of drug-likeness (QED) is 0.793.